The highest BCUT2D eigenvalue weighted by molar-refractivity contribution is 9.09. The highest BCUT2D eigenvalue weighted by Crippen LogP contribution is 2.14. The molecule has 0 amide bonds. The van der Waals surface area contributed by atoms with E-state index in [2.05, 4.69) is 36.8 Å². The molecule has 1 atom stereocenters. The quantitative estimate of drug-likeness (QED) is 0.134. The van der Waals surface area contributed by atoms with Gasteiger partial charge in [-0.1, -0.05) is 74.7 Å². The van der Waals surface area contributed by atoms with Crippen LogP contribution < -0.4 is 24.0 Å². The Hall–Kier alpha value is 1.17. The zero-order chi connectivity index (χ0) is 15.8. The van der Waals surface area contributed by atoms with Crippen LogP contribution >= 0.6 is 15.9 Å². The minimum atomic E-state index is 0. The van der Waals surface area contributed by atoms with E-state index >= 15 is 0 Å². The van der Waals surface area contributed by atoms with E-state index in [0.717, 1.165) is 5.33 Å². The van der Waals surface area contributed by atoms with Crippen LogP contribution in [0.5, 0.6) is 0 Å². The molecule has 0 aromatic rings. The molecule has 0 aromatic heterocycles. The van der Waals surface area contributed by atoms with Gasteiger partial charge in [0.1, 0.15) is 0 Å². The first-order chi connectivity index (χ1) is 10.2. The van der Waals surface area contributed by atoms with Gasteiger partial charge in [-0.15, -0.1) is 0 Å². The van der Waals surface area contributed by atoms with Crippen molar-refractivity contribution in [2.24, 2.45) is 0 Å². The van der Waals surface area contributed by atoms with Crippen LogP contribution in [0, 0.1) is 0 Å². The summed E-state index contributed by atoms with van der Waals surface area (Å²) in [7, 11) is 2.49. The fraction of sp³-hybridized carbons (Fsp3) is 1.00. The monoisotopic (exact) mass is 489 g/mol. The van der Waals surface area contributed by atoms with Gasteiger partial charge in [-0.05, 0) is 25.7 Å². The predicted octanol–water partition coefficient (Wildman–Crippen LogP) is 3.55. The topological polar surface area (TPSA) is 0 Å². The molecule has 1 unspecified atom stereocenters. The third-order valence-electron chi connectivity index (χ3n) is 4.68. The van der Waals surface area contributed by atoms with Crippen molar-refractivity contribution in [3.8, 4) is 0 Å². The maximum atomic E-state index is 3.60. The van der Waals surface area contributed by atoms with Gasteiger partial charge >= 0.3 is 0 Å². The summed E-state index contributed by atoms with van der Waals surface area (Å²) in [6.45, 7) is 8.74. The second-order valence-electron chi connectivity index (χ2n) is 7.01. The fourth-order valence-corrected chi connectivity index (χ4v) is 3.40. The fourth-order valence-electron chi connectivity index (χ4n) is 3.15. The van der Waals surface area contributed by atoms with E-state index in [4.69, 9.17) is 0 Å². The van der Waals surface area contributed by atoms with E-state index in [1.54, 1.807) is 0 Å². The number of nitrogens with zero attached hydrogens (tertiary/aromatic N) is 1. The second kappa shape index (κ2) is 18.5. The highest BCUT2D eigenvalue weighted by Gasteiger charge is 2.19. The van der Waals surface area contributed by atoms with Gasteiger partial charge in [0, 0.05) is 11.8 Å². The molecule has 0 fully saturated rings. The number of unbranched alkanes of at least 4 members (excludes halogenated alkanes) is 9. The summed E-state index contributed by atoms with van der Waals surface area (Å²) in [5, 5.41) is 1.16. The third kappa shape index (κ3) is 16.0. The van der Waals surface area contributed by atoms with Crippen LogP contribution in [-0.4, -0.2) is 36.5 Å². The van der Waals surface area contributed by atoms with Gasteiger partial charge in [0.15, 0.2) is 0 Å². The van der Waals surface area contributed by atoms with Crippen molar-refractivity contribution in [2.45, 2.75) is 90.9 Å². The normalized spacial score (nSPS) is 13.6. The largest absolute Gasteiger partial charge is 1.00 e. The molecule has 0 saturated heterocycles. The summed E-state index contributed by atoms with van der Waals surface area (Å²) < 4.78 is 1.31. The average molecular weight is 490 g/mol. The molecule has 0 bridgehead atoms. The highest BCUT2D eigenvalue weighted by atomic mass is 127. The molecule has 22 heavy (non-hydrogen) atoms. The Morgan fingerprint density at radius 2 is 0.955 bits per heavy atom. The van der Waals surface area contributed by atoms with Crippen LogP contribution in [0.4, 0.5) is 0 Å². The molecule has 0 saturated carbocycles. The summed E-state index contributed by atoms with van der Waals surface area (Å²) >= 11 is 3.60. The van der Waals surface area contributed by atoms with Crippen molar-refractivity contribution < 1.29 is 28.5 Å². The first kappa shape index (κ1) is 25.4. The minimum absolute atomic E-state index is 0. The van der Waals surface area contributed by atoms with E-state index < -0.39 is 0 Å². The Bertz CT molecular complexity index is 214. The van der Waals surface area contributed by atoms with Crippen molar-refractivity contribution in [1.29, 1.82) is 0 Å². The van der Waals surface area contributed by atoms with Crippen molar-refractivity contribution in [3.05, 3.63) is 0 Å². The summed E-state index contributed by atoms with van der Waals surface area (Å²) in [5.41, 5.74) is 0. The van der Waals surface area contributed by atoms with Gasteiger partial charge in [0.2, 0.25) is 0 Å². The molecule has 0 N–H and O–H groups in total. The molecular weight excluding hydrogens is 449 g/mol. The van der Waals surface area contributed by atoms with Crippen LogP contribution in [0.3, 0.4) is 0 Å². The van der Waals surface area contributed by atoms with E-state index in [1.165, 1.54) is 101 Å². The number of alkyl halides is 1. The number of rotatable bonds is 16. The molecule has 0 aliphatic carbocycles. The summed E-state index contributed by atoms with van der Waals surface area (Å²) in [6.07, 6.45) is 16.9. The Morgan fingerprint density at radius 1 is 0.591 bits per heavy atom. The summed E-state index contributed by atoms with van der Waals surface area (Å²) in [5.74, 6) is 0. The zero-order valence-electron chi connectivity index (χ0n) is 15.5. The number of halogens is 2. The van der Waals surface area contributed by atoms with E-state index in [0.29, 0.717) is 0 Å². The number of hydrogen-bond donors (Lipinski definition) is 0. The first-order valence-corrected chi connectivity index (χ1v) is 10.7. The van der Waals surface area contributed by atoms with Crippen LogP contribution in [0.2, 0.25) is 0 Å². The Labute approximate surface area is 166 Å². The average Bonchev–Trinajstić information content (AvgIpc) is 2.49. The molecule has 0 aliphatic heterocycles. The summed E-state index contributed by atoms with van der Waals surface area (Å²) in [6, 6.07) is 0. The van der Waals surface area contributed by atoms with E-state index in [-0.39, 0.29) is 24.0 Å². The molecule has 136 valence electrons. The van der Waals surface area contributed by atoms with Gasteiger partial charge < -0.3 is 28.5 Å². The molecule has 1 nitrogen and oxygen atoms in total. The van der Waals surface area contributed by atoms with Crippen molar-refractivity contribution in [2.75, 3.05) is 32.0 Å². The molecule has 0 heterocycles. The molecule has 0 spiro atoms. The Morgan fingerprint density at radius 3 is 1.36 bits per heavy atom. The lowest BCUT2D eigenvalue weighted by Gasteiger charge is -2.35. The van der Waals surface area contributed by atoms with Gasteiger partial charge in [-0.25, -0.2) is 0 Å². The SMILES string of the molecule is CCCCCCCC[N+](C)(CCCBr)CCCCCCC.[I-]. The van der Waals surface area contributed by atoms with Crippen LogP contribution in [0.25, 0.3) is 0 Å². The summed E-state index contributed by atoms with van der Waals surface area (Å²) in [4.78, 5) is 0. The smallest absolute Gasteiger partial charge is 0.0792 e. The van der Waals surface area contributed by atoms with Crippen molar-refractivity contribution >= 4 is 15.9 Å². The lowest BCUT2D eigenvalue weighted by molar-refractivity contribution is -0.910. The molecule has 3 heteroatoms. The van der Waals surface area contributed by atoms with Crippen LogP contribution in [0.15, 0.2) is 0 Å². The second-order valence-corrected chi connectivity index (χ2v) is 7.81. The zero-order valence-corrected chi connectivity index (χ0v) is 19.3. The van der Waals surface area contributed by atoms with Crippen molar-refractivity contribution in [3.63, 3.8) is 0 Å². The Kier molecular flexibility index (Phi) is 21.4. The van der Waals surface area contributed by atoms with Crippen LogP contribution in [0.1, 0.15) is 90.9 Å². The third-order valence-corrected chi connectivity index (χ3v) is 5.25. The van der Waals surface area contributed by atoms with E-state index in [1.807, 2.05) is 0 Å². The maximum Gasteiger partial charge on any atom is 0.0792 e. The Balaban J connectivity index is 0. The first-order valence-electron chi connectivity index (χ1n) is 9.58. The molecular formula is C19H41BrIN. The van der Waals surface area contributed by atoms with Gasteiger partial charge in [-0.3, -0.25) is 0 Å². The maximum absolute atomic E-state index is 3.60. The lowest BCUT2D eigenvalue weighted by Crippen LogP contribution is -3.00. The standard InChI is InChI=1S/C19H41BrN.HI/c1-4-6-8-10-12-14-18-21(3,19-15-16-20)17-13-11-9-7-5-2;/h4-19H2,1-3H3;1H/q+1;/p-1. The van der Waals surface area contributed by atoms with E-state index in [9.17, 15) is 0 Å². The minimum Gasteiger partial charge on any atom is -1.00 e. The van der Waals surface area contributed by atoms with Gasteiger partial charge in [0.05, 0.1) is 26.7 Å². The number of quaternary nitrogens is 1. The van der Waals surface area contributed by atoms with Crippen LogP contribution in [-0.2, 0) is 0 Å². The van der Waals surface area contributed by atoms with Gasteiger partial charge in [0.25, 0.3) is 0 Å². The predicted molar refractivity (Wildman–Crippen MR) is 101 cm³/mol. The molecule has 0 radical (unpaired) electrons. The molecule has 0 aromatic carbocycles. The van der Waals surface area contributed by atoms with Gasteiger partial charge in [-0.2, -0.15) is 0 Å². The molecule has 0 rings (SSSR count). The lowest BCUT2D eigenvalue weighted by atomic mass is 10.1. The molecule has 0 aliphatic rings. The number of hydrogen-bond acceptors (Lipinski definition) is 0. The van der Waals surface area contributed by atoms with Crippen molar-refractivity contribution in [1.82, 2.24) is 0 Å².